The molecule has 1 aliphatic heterocycles. The van der Waals surface area contributed by atoms with E-state index >= 15 is 0 Å². The molecule has 0 fully saturated rings. The second-order valence-corrected chi connectivity index (χ2v) is 5.98. The summed E-state index contributed by atoms with van der Waals surface area (Å²) in [5, 5.41) is 1.97. The van der Waals surface area contributed by atoms with Gasteiger partial charge in [0.25, 0.3) is 0 Å². The fraction of sp³-hybridized carbons (Fsp3) is 0.214. The van der Waals surface area contributed by atoms with Crippen LogP contribution in [0.4, 0.5) is 0 Å². The van der Waals surface area contributed by atoms with E-state index in [1.54, 1.807) is 17.4 Å². The van der Waals surface area contributed by atoms with Gasteiger partial charge in [-0.15, -0.1) is 11.3 Å². The molecule has 1 aromatic carbocycles. The van der Waals surface area contributed by atoms with Gasteiger partial charge in [-0.1, -0.05) is 6.07 Å². The van der Waals surface area contributed by atoms with Gasteiger partial charge in [0, 0.05) is 15.8 Å². The maximum atomic E-state index is 12.4. The van der Waals surface area contributed by atoms with Crippen LogP contribution in [0.1, 0.15) is 15.2 Å². The Morgan fingerprint density at radius 3 is 2.89 bits per heavy atom. The van der Waals surface area contributed by atoms with Crippen molar-refractivity contribution >= 4 is 33.0 Å². The first kappa shape index (κ1) is 12.7. The highest BCUT2D eigenvalue weighted by Gasteiger charge is 2.21. The van der Waals surface area contributed by atoms with Gasteiger partial charge in [-0.3, -0.25) is 4.79 Å². The maximum Gasteiger partial charge on any atom is 0.172 e. The molecule has 19 heavy (non-hydrogen) atoms. The average Bonchev–Trinajstić information content (AvgIpc) is 2.83. The van der Waals surface area contributed by atoms with Crippen LogP contribution in [0, 0.1) is 0 Å². The molecule has 2 heterocycles. The van der Waals surface area contributed by atoms with Crippen molar-refractivity contribution in [3.63, 3.8) is 0 Å². The Balaban J connectivity index is 1.90. The van der Waals surface area contributed by atoms with Crippen LogP contribution >= 0.6 is 27.3 Å². The van der Waals surface area contributed by atoms with Crippen LogP contribution in [0.15, 0.2) is 34.1 Å². The topological polar surface area (TPSA) is 35.5 Å². The Hall–Kier alpha value is -1.33. The number of hydrogen-bond donors (Lipinski definition) is 0. The van der Waals surface area contributed by atoms with Crippen molar-refractivity contribution in [2.45, 2.75) is 6.42 Å². The van der Waals surface area contributed by atoms with Gasteiger partial charge < -0.3 is 9.47 Å². The Bertz CT molecular complexity index is 621. The molecule has 0 N–H and O–H groups in total. The Labute approximate surface area is 123 Å². The molecule has 0 unspecified atom stereocenters. The minimum Gasteiger partial charge on any atom is -0.486 e. The van der Waals surface area contributed by atoms with E-state index in [1.807, 2.05) is 23.6 Å². The van der Waals surface area contributed by atoms with Crippen molar-refractivity contribution in [2.24, 2.45) is 0 Å². The molecular formula is C14H11BrO3S. The van der Waals surface area contributed by atoms with Crippen molar-refractivity contribution in [2.75, 3.05) is 13.2 Å². The van der Waals surface area contributed by atoms with Gasteiger partial charge >= 0.3 is 0 Å². The van der Waals surface area contributed by atoms with Crippen molar-refractivity contribution in [1.82, 2.24) is 0 Å². The zero-order valence-corrected chi connectivity index (χ0v) is 12.4. The number of para-hydroxylation sites is 1. The summed E-state index contributed by atoms with van der Waals surface area (Å²) < 4.78 is 12.0. The van der Waals surface area contributed by atoms with E-state index in [-0.39, 0.29) is 5.78 Å². The molecule has 1 aromatic heterocycles. The molecule has 0 saturated carbocycles. The zero-order chi connectivity index (χ0) is 13.2. The first-order valence-corrected chi connectivity index (χ1v) is 7.56. The molecule has 0 amide bonds. The monoisotopic (exact) mass is 338 g/mol. The van der Waals surface area contributed by atoms with Crippen LogP contribution in [0.5, 0.6) is 11.5 Å². The van der Waals surface area contributed by atoms with E-state index in [2.05, 4.69) is 15.9 Å². The molecule has 0 radical (unpaired) electrons. The van der Waals surface area contributed by atoms with Crippen molar-refractivity contribution < 1.29 is 14.3 Å². The zero-order valence-electron chi connectivity index (χ0n) is 10.0. The van der Waals surface area contributed by atoms with E-state index in [9.17, 15) is 4.79 Å². The molecule has 1 aliphatic rings. The molecule has 0 saturated heterocycles. The number of Topliss-reactive ketones (excluding diaryl/α,β-unsaturated/α-hetero) is 1. The third-order valence-corrected chi connectivity index (χ3v) is 4.81. The van der Waals surface area contributed by atoms with Crippen molar-refractivity contribution in [3.8, 4) is 11.5 Å². The minimum atomic E-state index is 0.0468. The predicted octanol–water partition coefficient (Wildman–Crippen LogP) is 3.71. The summed E-state index contributed by atoms with van der Waals surface area (Å²) in [5.41, 5.74) is 0.595. The highest BCUT2D eigenvalue weighted by Crippen LogP contribution is 2.35. The number of carbonyl (C=O) groups is 1. The summed E-state index contributed by atoms with van der Waals surface area (Å²) in [6, 6.07) is 7.39. The van der Waals surface area contributed by atoms with E-state index in [0.29, 0.717) is 36.7 Å². The van der Waals surface area contributed by atoms with E-state index in [4.69, 9.17) is 9.47 Å². The quantitative estimate of drug-likeness (QED) is 0.800. The number of carbonyl (C=O) groups excluding carboxylic acids is 1. The SMILES string of the molecule is O=C(Cc1sccc1Br)c1cccc2c1OCCO2. The molecule has 3 nitrogen and oxygen atoms in total. The molecule has 5 heteroatoms. The number of thiophene rings is 1. The number of rotatable bonds is 3. The number of ether oxygens (including phenoxy) is 2. The lowest BCUT2D eigenvalue weighted by Crippen LogP contribution is -2.18. The molecule has 0 aliphatic carbocycles. The van der Waals surface area contributed by atoms with Crippen LogP contribution in [-0.4, -0.2) is 19.0 Å². The summed E-state index contributed by atoms with van der Waals surface area (Å²) in [4.78, 5) is 13.4. The maximum absolute atomic E-state index is 12.4. The second-order valence-electron chi connectivity index (χ2n) is 4.12. The van der Waals surface area contributed by atoms with Gasteiger partial charge in [0.2, 0.25) is 0 Å². The lowest BCUT2D eigenvalue weighted by molar-refractivity contribution is 0.0982. The summed E-state index contributed by atoms with van der Waals surface area (Å²) >= 11 is 5.01. The lowest BCUT2D eigenvalue weighted by atomic mass is 10.1. The van der Waals surface area contributed by atoms with E-state index < -0.39 is 0 Å². The average molecular weight is 339 g/mol. The number of hydrogen-bond acceptors (Lipinski definition) is 4. The fourth-order valence-corrected chi connectivity index (χ4v) is 3.48. The molecule has 2 aromatic rings. The first-order chi connectivity index (χ1) is 9.25. The first-order valence-electron chi connectivity index (χ1n) is 5.89. The van der Waals surface area contributed by atoms with Crippen LogP contribution < -0.4 is 9.47 Å². The summed E-state index contributed by atoms with van der Waals surface area (Å²) in [6.45, 7) is 1.01. The lowest BCUT2D eigenvalue weighted by Gasteiger charge is -2.20. The van der Waals surface area contributed by atoms with E-state index in [1.165, 1.54) is 0 Å². The van der Waals surface area contributed by atoms with E-state index in [0.717, 1.165) is 9.35 Å². The third-order valence-electron chi connectivity index (χ3n) is 2.88. The number of fused-ring (bicyclic) bond motifs is 1. The second kappa shape index (κ2) is 5.35. The number of ketones is 1. The summed E-state index contributed by atoms with van der Waals surface area (Å²) in [7, 11) is 0. The van der Waals surface area contributed by atoms with Gasteiger partial charge in [-0.25, -0.2) is 0 Å². The van der Waals surface area contributed by atoms with Gasteiger partial charge in [0.05, 0.1) is 5.56 Å². The van der Waals surface area contributed by atoms with Crippen LogP contribution in [0.2, 0.25) is 0 Å². The third kappa shape index (κ3) is 2.53. The highest BCUT2D eigenvalue weighted by atomic mass is 79.9. The standard InChI is InChI=1S/C14H11BrO3S/c15-10-4-7-19-13(10)8-11(16)9-2-1-3-12-14(9)18-6-5-17-12/h1-4,7H,5-6,8H2. The molecule has 0 bridgehead atoms. The summed E-state index contributed by atoms with van der Waals surface area (Å²) in [5.74, 6) is 1.28. The number of halogens is 1. The van der Waals surface area contributed by atoms with Crippen molar-refractivity contribution in [1.29, 1.82) is 0 Å². The molecular weight excluding hydrogens is 328 g/mol. The fourth-order valence-electron chi connectivity index (χ4n) is 1.99. The van der Waals surface area contributed by atoms with Crippen LogP contribution in [-0.2, 0) is 6.42 Å². The Morgan fingerprint density at radius 1 is 1.26 bits per heavy atom. The van der Waals surface area contributed by atoms with Crippen LogP contribution in [0.25, 0.3) is 0 Å². The van der Waals surface area contributed by atoms with Crippen molar-refractivity contribution in [3.05, 3.63) is 44.6 Å². The minimum absolute atomic E-state index is 0.0468. The van der Waals surface area contributed by atoms with Crippen LogP contribution in [0.3, 0.4) is 0 Å². The number of benzene rings is 1. The van der Waals surface area contributed by atoms with Gasteiger partial charge in [0.15, 0.2) is 17.3 Å². The predicted molar refractivity (Wildman–Crippen MR) is 77.5 cm³/mol. The molecule has 3 rings (SSSR count). The smallest absolute Gasteiger partial charge is 0.172 e. The molecule has 0 atom stereocenters. The Morgan fingerprint density at radius 2 is 2.11 bits per heavy atom. The highest BCUT2D eigenvalue weighted by molar-refractivity contribution is 9.10. The van der Waals surface area contributed by atoms with Gasteiger partial charge in [-0.05, 0) is 39.5 Å². The molecule has 0 spiro atoms. The van der Waals surface area contributed by atoms with Gasteiger partial charge in [0.1, 0.15) is 13.2 Å². The summed E-state index contributed by atoms with van der Waals surface area (Å²) in [6.07, 6.45) is 0.373. The molecule has 98 valence electrons. The van der Waals surface area contributed by atoms with Gasteiger partial charge in [-0.2, -0.15) is 0 Å². The Kier molecular flexibility index (Phi) is 3.57. The normalized spacial score (nSPS) is 13.3. The largest absolute Gasteiger partial charge is 0.486 e.